The third kappa shape index (κ3) is 3.36. The first kappa shape index (κ1) is 17.8. The van der Waals surface area contributed by atoms with Gasteiger partial charge in [0.15, 0.2) is 0 Å². The molecular formula is C20H20N2O4. The van der Waals surface area contributed by atoms with E-state index in [0.29, 0.717) is 17.5 Å². The highest BCUT2D eigenvalue weighted by Crippen LogP contribution is 2.27. The molecule has 0 aliphatic carbocycles. The highest BCUT2D eigenvalue weighted by Gasteiger charge is 2.43. The monoisotopic (exact) mass is 352 g/mol. The lowest BCUT2D eigenvalue weighted by atomic mass is 9.99. The molecule has 0 bridgehead atoms. The van der Waals surface area contributed by atoms with Gasteiger partial charge in [-0.15, -0.1) is 0 Å². The molecule has 2 N–H and O–H groups in total. The Morgan fingerprint density at radius 3 is 2.04 bits per heavy atom. The molecule has 2 amide bonds. The van der Waals surface area contributed by atoms with Gasteiger partial charge < -0.3 is 10.5 Å². The van der Waals surface area contributed by atoms with Crippen molar-refractivity contribution in [2.75, 3.05) is 6.54 Å². The normalized spacial score (nSPS) is 15.5. The van der Waals surface area contributed by atoms with E-state index in [2.05, 4.69) is 0 Å². The summed E-state index contributed by atoms with van der Waals surface area (Å²) in [5, 5.41) is 0. The highest BCUT2D eigenvalue weighted by atomic mass is 16.5. The van der Waals surface area contributed by atoms with Gasteiger partial charge in [0.2, 0.25) is 0 Å². The molecule has 6 nitrogen and oxygen atoms in total. The molecule has 0 fully saturated rings. The average molecular weight is 352 g/mol. The van der Waals surface area contributed by atoms with E-state index in [9.17, 15) is 14.4 Å². The molecule has 134 valence electrons. The molecule has 1 heterocycles. The van der Waals surface area contributed by atoms with E-state index in [1.165, 1.54) is 11.8 Å². The number of nitrogens with two attached hydrogens (primary N) is 1. The third-order valence-corrected chi connectivity index (χ3v) is 4.42. The summed E-state index contributed by atoms with van der Waals surface area (Å²) in [6.07, 6.45) is -0.434. The van der Waals surface area contributed by atoms with Gasteiger partial charge in [-0.05, 0) is 24.1 Å². The molecule has 0 radical (unpaired) electrons. The fourth-order valence-corrected chi connectivity index (χ4v) is 3.25. The zero-order valence-electron chi connectivity index (χ0n) is 14.4. The summed E-state index contributed by atoms with van der Waals surface area (Å²) < 4.78 is 5.33. The van der Waals surface area contributed by atoms with Crippen molar-refractivity contribution in [2.24, 2.45) is 5.73 Å². The average Bonchev–Trinajstić information content (AvgIpc) is 2.90. The van der Waals surface area contributed by atoms with Crippen molar-refractivity contribution in [3.05, 3.63) is 71.3 Å². The number of amides is 2. The van der Waals surface area contributed by atoms with Crippen LogP contribution in [0.25, 0.3) is 0 Å². The Hall–Kier alpha value is -2.99. The maximum Gasteiger partial charge on any atom is 0.303 e. The number of carbonyl (C=O) groups excluding carboxylic acids is 3. The molecule has 2 aromatic carbocycles. The number of esters is 1. The van der Waals surface area contributed by atoms with Gasteiger partial charge in [-0.1, -0.05) is 42.5 Å². The van der Waals surface area contributed by atoms with E-state index in [1.54, 1.807) is 24.3 Å². The highest BCUT2D eigenvalue weighted by molar-refractivity contribution is 6.21. The fourth-order valence-electron chi connectivity index (χ4n) is 3.25. The molecule has 0 saturated carbocycles. The number of hydrogen-bond donors (Lipinski definition) is 1. The van der Waals surface area contributed by atoms with E-state index in [0.717, 1.165) is 5.56 Å². The Kier molecular flexibility index (Phi) is 5.14. The van der Waals surface area contributed by atoms with Crippen LogP contribution in [-0.2, 0) is 16.0 Å². The molecule has 2 atom stereocenters. The summed E-state index contributed by atoms with van der Waals surface area (Å²) in [5.74, 6) is -1.29. The largest absolute Gasteiger partial charge is 0.459 e. The fraction of sp³-hybridized carbons (Fsp3) is 0.250. The van der Waals surface area contributed by atoms with E-state index in [1.807, 2.05) is 30.3 Å². The molecule has 1 aliphatic heterocycles. The molecule has 1 aliphatic rings. The standard InChI is InChI=1S/C20H20N2O4/c1-13(23)26-18(12-21)17(11-14-7-3-2-4-8-14)22-19(24)15-9-5-6-10-16(15)20(22)25/h2-10,17-18H,11-12,21H2,1H3/t17-,18+/m0/s1. The molecule has 0 saturated heterocycles. The van der Waals surface area contributed by atoms with Crippen molar-refractivity contribution in [1.82, 2.24) is 4.90 Å². The van der Waals surface area contributed by atoms with Crippen molar-refractivity contribution < 1.29 is 19.1 Å². The van der Waals surface area contributed by atoms with Crippen molar-refractivity contribution in [2.45, 2.75) is 25.5 Å². The predicted octanol–water partition coefficient (Wildman–Crippen LogP) is 1.78. The first-order valence-corrected chi connectivity index (χ1v) is 8.41. The van der Waals surface area contributed by atoms with Gasteiger partial charge in [-0.25, -0.2) is 0 Å². The Labute approximate surface area is 151 Å². The Balaban J connectivity index is 1.99. The number of nitrogens with zero attached hydrogens (tertiary/aromatic N) is 1. The second kappa shape index (κ2) is 7.49. The number of hydrogen-bond acceptors (Lipinski definition) is 5. The van der Waals surface area contributed by atoms with Crippen LogP contribution in [0, 0.1) is 0 Å². The number of ether oxygens (including phenoxy) is 1. The third-order valence-electron chi connectivity index (χ3n) is 4.42. The molecule has 0 spiro atoms. The van der Waals surface area contributed by atoms with Crippen molar-refractivity contribution in [3.8, 4) is 0 Å². The smallest absolute Gasteiger partial charge is 0.303 e. The first-order chi connectivity index (χ1) is 12.5. The van der Waals surface area contributed by atoms with Crippen LogP contribution in [0.4, 0.5) is 0 Å². The molecule has 6 heteroatoms. The number of benzene rings is 2. The van der Waals surface area contributed by atoms with E-state index >= 15 is 0 Å². The quantitative estimate of drug-likeness (QED) is 0.632. The van der Waals surface area contributed by atoms with E-state index in [4.69, 9.17) is 10.5 Å². The second-order valence-corrected chi connectivity index (χ2v) is 6.17. The van der Waals surface area contributed by atoms with Crippen LogP contribution in [0.1, 0.15) is 33.2 Å². The zero-order chi connectivity index (χ0) is 18.7. The van der Waals surface area contributed by atoms with Crippen LogP contribution < -0.4 is 5.73 Å². The maximum absolute atomic E-state index is 12.9. The molecular weight excluding hydrogens is 332 g/mol. The van der Waals surface area contributed by atoms with Crippen molar-refractivity contribution in [3.63, 3.8) is 0 Å². The van der Waals surface area contributed by atoms with Crippen LogP contribution >= 0.6 is 0 Å². The SMILES string of the molecule is CC(=O)O[C@H](CN)[C@H](Cc1ccccc1)N1C(=O)c2ccccc2C1=O. The molecule has 26 heavy (non-hydrogen) atoms. The van der Waals surface area contributed by atoms with Crippen LogP contribution in [0.15, 0.2) is 54.6 Å². The van der Waals surface area contributed by atoms with E-state index < -0.39 is 29.9 Å². The minimum Gasteiger partial charge on any atom is -0.459 e. The topological polar surface area (TPSA) is 89.7 Å². The zero-order valence-corrected chi connectivity index (χ0v) is 14.4. The van der Waals surface area contributed by atoms with Gasteiger partial charge >= 0.3 is 5.97 Å². The number of carbonyl (C=O) groups is 3. The van der Waals surface area contributed by atoms with E-state index in [-0.39, 0.29) is 6.54 Å². The van der Waals surface area contributed by atoms with Crippen LogP contribution in [0.5, 0.6) is 0 Å². The van der Waals surface area contributed by atoms with Crippen LogP contribution in [0.2, 0.25) is 0 Å². The first-order valence-electron chi connectivity index (χ1n) is 8.41. The summed E-state index contributed by atoms with van der Waals surface area (Å²) in [7, 11) is 0. The Morgan fingerprint density at radius 1 is 1.00 bits per heavy atom. The summed E-state index contributed by atoms with van der Waals surface area (Å²) in [4.78, 5) is 38.4. The maximum atomic E-state index is 12.9. The van der Waals surface area contributed by atoms with Gasteiger partial charge in [0.1, 0.15) is 6.10 Å². The lowest BCUT2D eigenvalue weighted by Crippen LogP contribution is -2.52. The van der Waals surface area contributed by atoms with Gasteiger partial charge in [0.05, 0.1) is 17.2 Å². The Bertz CT molecular complexity index is 800. The number of fused-ring (bicyclic) bond motifs is 1. The molecule has 2 aromatic rings. The summed E-state index contributed by atoms with van der Waals surface area (Å²) in [6, 6.07) is 15.4. The van der Waals surface area contributed by atoms with Gasteiger partial charge in [0.25, 0.3) is 11.8 Å². The van der Waals surface area contributed by atoms with Gasteiger partial charge in [-0.2, -0.15) is 0 Å². The van der Waals surface area contributed by atoms with Crippen molar-refractivity contribution >= 4 is 17.8 Å². The minimum atomic E-state index is -0.782. The molecule has 3 rings (SSSR count). The molecule has 0 aromatic heterocycles. The van der Waals surface area contributed by atoms with Crippen LogP contribution in [-0.4, -0.2) is 41.4 Å². The van der Waals surface area contributed by atoms with Gasteiger partial charge in [-0.3, -0.25) is 19.3 Å². The van der Waals surface area contributed by atoms with Gasteiger partial charge in [0, 0.05) is 13.5 Å². The minimum absolute atomic E-state index is 0.00445. The lowest BCUT2D eigenvalue weighted by molar-refractivity contribution is -0.148. The Morgan fingerprint density at radius 2 is 1.54 bits per heavy atom. The summed E-state index contributed by atoms with van der Waals surface area (Å²) in [5.41, 5.74) is 7.44. The second-order valence-electron chi connectivity index (χ2n) is 6.17. The number of imide groups is 1. The summed E-state index contributed by atoms with van der Waals surface area (Å²) in [6.45, 7) is 1.29. The predicted molar refractivity (Wildman–Crippen MR) is 95.5 cm³/mol. The van der Waals surface area contributed by atoms with Crippen LogP contribution in [0.3, 0.4) is 0 Å². The van der Waals surface area contributed by atoms with Crippen molar-refractivity contribution in [1.29, 1.82) is 0 Å². The lowest BCUT2D eigenvalue weighted by Gasteiger charge is -2.32. The number of rotatable bonds is 6. The molecule has 0 unspecified atom stereocenters. The summed E-state index contributed by atoms with van der Waals surface area (Å²) >= 11 is 0.